The molecule has 0 unspecified atom stereocenters. The third-order valence-corrected chi connectivity index (χ3v) is 8.88. The van der Waals surface area contributed by atoms with E-state index in [-0.39, 0.29) is 17.1 Å². The Balaban J connectivity index is 2.07. The van der Waals surface area contributed by atoms with Crippen LogP contribution in [0.3, 0.4) is 0 Å². The van der Waals surface area contributed by atoms with Crippen LogP contribution in [0.1, 0.15) is 23.6 Å². The Bertz CT molecular complexity index is 1450. The number of rotatable bonds is 9. The van der Waals surface area contributed by atoms with Gasteiger partial charge < -0.3 is 10.2 Å². The summed E-state index contributed by atoms with van der Waals surface area (Å²) >= 11 is 18.7. The number of nitrogens with zero attached hydrogens (tertiary/aromatic N) is 2. The number of nitrogens with one attached hydrogen (secondary N) is 1. The molecule has 1 N–H and O–H groups in total. The minimum Gasteiger partial charge on any atom is -0.357 e. The first-order valence-electron chi connectivity index (χ1n) is 11.7. The van der Waals surface area contributed by atoms with Crippen LogP contribution in [0.25, 0.3) is 0 Å². The smallest absolute Gasteiger partial charge is 0.264 e. The van der Waals surface area contributed by atoms with E-state index in [0.717, 1.165) is 15.4 Å². The third-order valence-electron chi connectivity index (χ3n) is 6.10. The monoisotopic (exact) mass is 595 g/mol. The number of aryl methyl sites for hydroxylation is 2. The standard InChI is InChI=1S/C27H28Cl3N3O4S/c1-17-5-11-23(12-6-17)38(36,37)33(22-10-7-18(2)24(29)14-22)16-26(34)32(19(3)27(35)31-4)15-20-8-9-21(28)13-25(20)30/h5-14,19H,15-16H2,1-4H3,(H,31,35)/t19-/m0/s1. The summed E-state index contributed by atoms with van der Waals surface area (Å²) in [5.74, 6) is -1.03. The maximum Gasteiger partial charge on any atom is 0.264 e. The van der Waals surface area contributed by atoms with Crippen molar-refractivity contribution in [2.24, 2.45) is 0 Å². The van der Waals surface area contributed by atoms with E-state index in [2.05, 4.69) is 5.32 Å². The van der Waals surface area contributed by atoms with Gasteiger partial charge >= 0.3 is 0 Å². The van der Waals surface area contributed by atoms with Crippen molar-refractivity contribution in [3.63, 3.8) is 0 Å². The van der Waals surface area contributed by atoms with Crippen LogP contribution in [-0.4, -0.2) is 44.8 Å². The highest BCUT2D eigenvalue weighted by molar-refractivity contribution is 7.92. The first kappa shape index (κ1) is 29.8. The van der Waals surface area contributed by atoms with Gasteiger partial charge in [-0.15, -0.1) is 0 Å². The number of halogens is 3. The molecule has 0 radical (unpaired) electrons. The minimum absolute atomic E-state index is 0.0132. The first-order chi connectivity index (χ1) is 17.8. The van der Waals surface area contributed by atoms with E-state index < -0.39 is 34.4 Å². The molecule has 0 heterocycles. The zero-order valence-electron chi connectivity index (χ0n) is 21.3. The van der Waals surface area contributed by atoms with Crippen molar-refractivity contribution in [1.29, 1.82) is 0 Å². The second-order valence-electron chi connectivity index (χ2n) is 8.81. The highest BCUT2D eigenvalue weighted by Crippen LogP contribution is 2.29. The second-order valence-corrected chi connectivity index (χ2v) is 11.9. The van der Waals surface area contributed by atoms with E-state index in [1.54, 1.807) is 50.2 Å². The van der Waals surface area contributed by atoms with Crippen molar-refractivity contribution in [2.45, 2.75) is 38.3 Å². The van der Waals surface area contributed by atoms with Crippen LogP contribution in [0, 0.1) is 13.8 Å². The molecule has 0 fully saturated rings. The molecule has 0 aliphatic carbocycles. The fourth-order valence-corrected chi connectivity index (χ4v) is 5.78. The van der Waals surface area contributed by atoms with Gasteiger partial charge in [0.25, 0.3) is 10.0 Å². The number of likely N-dealkylation sites (N-methyl/N-ethyl adjacent to an activating group) is 1. The number of carbonyl (C=O) groups is 2. The van der Waals surface area contributed by atoms with Crippen LogP contribution in [0.2, 0.25) is 15.1 Å². The summed E-state index contributed by atoms with van der Waals surface area (Å²) < 4.78 is 28.6. The van der Waals surface area contributed by atoms with Gasteiger partial charge in [0.05, 0.1) is 10.6 Å². The predicted octanol–water partition coefficient (Wildman–Crippen LogP) is 5.62. The number of anilines is 1. The van der Waals surface area contributed by atoms with E-state index >= 15 is 0 Å². The molecule has 202 valence electrons. The predicted molar refractivity (Wildman–Crippen MR) is 152 cm³/mol. The Kier molecular flexibility index (Phi) is 9.70. The molecule has 0 aliphatic rings. The second kappa shape index (κ2) is 12.4. The van der Waals surface area contributed by atoms with Gasteiger partial charge in [-0.1, -0.05) is 64.6 Å². The van der Waals surface area contributed by atoms with Gasteiger partial charge in [0.1, 0.15) is 12.6 Å². The van der Waals surface area contributed by atoms with Crippen LogP contribution >= 0.6 is 34.8 Å². The van der Waals surface area contributed by atoms with Gasteiger partial charge in [-0.3, -0.25) is 13.9 Å². The van der Waals surface area contributed by atoms with Crippen LogP contribution < -0.4 is 9.62 Å². The zero-order valence-corrected chi connectivity index (χ0v) is 24.4. The summed E-state index contributed by atoms with van der Waals surface area (Å²) in [6, 6.07) is 15.0. The van der Waals surface area contributed by atoms with Crippen molar-refractivity contribution in [2.75, 3.05) is 17.9 Å². The van der Waals surface area contributed by atoms with Crippen molar-refractivity contribution in [1.82, 2.24) is 10.2 Å². The van der Waals surface area contributed by atoms with Gasteiger partial charge in [-0.2, -0.15) is 0 Å². The molecule has 3 rings (SSSR count). The van der Waals surface area contributed by atoms with Crippen molar-refractivity contribution >= 4 is 62.3 Å². The number of carbonyl (C=O) groups excluding carboxylic acids is 2. The maximum absolute atomic E-state index is 13.8. The van der Waals surface area contributed by atoms with E-state index in [1.807, 2.05) is 6.92 Å². The topological polar surface area (TPSA) is 86.8 Å². The molecule has 0 saturated carbocycles. The maximum atomic E-state index is 13.8. The number of hydrogen-bond donors (Lipinski definition) is 1. The van der Waals surface area contributed by atoms with E-state index in [0.29, 0.717) is 20.6 Å². The molecule has 0 saturated heterocycles. The highest BCUT2D eigenvalue weighted by Gasteiger charge is 2.32. The Morgan fingerprint density at radius 3 is 2.16 bits per heavy atom. The fraction of sp³-hybridized carbons (Fsp3) is 0.259. The molecule has 0 aromatic heterocycles. The molecule has 7 nitrogen and oxygen atoms in total. The van der Waals surface area contributed by atoms with E-state index in [1.165, 1.54) is 36.2 Å². The van der Waals surface area contributed by atoms with Gasteiger partial charge in [-0.25, -0.2) is 8.42 Å². The third kappa shape index (κ3) is 6.80. The normalized spacial score (nSPS) is 12.1. The average Bonchev–Trinajstić information content (AvgIpc) is 2.87. The van der Waals surface area contributed by atoms with Crippen molar-refractivity contribution in [3.05, 3.63) is 92.4 Å². The molecule has 2 amide bonds. The summed E-state index contributed by atoms with van der Waals surface area (Å²) in [6.45, 7) is 4.57. The highest BCUT2D eigenvalue weighted by atomic mass is 35.5. The van der Waals surface area contributed by atoms with E-state index in [9.17, 15) is 18.0 Å². The lowest BCUT2D eigenvalue weighted by atomic mass is 10.1. The first-order valence-corrected chi connectivity index (χ1v) is 14.2. The lowest BCUT2D eigenvalue weighted by Gasteiger charge is -2.32. The van der Waals surface area contributed by atoms with Gasteiger partial charge in [0.2, 0.25) is 11.8 Å². The lowest BCUT2D eigenvalue weighted by molar-refractivity contribution is -0.139. The summed E-state index contributed by atoms with van der Waals surface area (Å²) in [6.07, 6.45) is 0. The van der Waals surface area contributed by atoms with Crippen molar-refractivity contribution < 1.29 is 18.0 Å². The fourth-order valence-electron chi connectivity index (χ4n) is 3.73. The van der Waals surface area contributed by atoms with Gasteiger partial charge in [0, 0.05) is 28.7 Å². The molecule has 3 aromatic carbocycles. The quantitative estimate of drug-likeness (QED) is 0.347. The Morgan fingerprint density at radius 2 is 1.58 bits per heavy atom. The molecule has 11 heteroatoms. The van der Waals surface area contributed by atoms with E-state index in [4.69, 9.17) is 34.8 Å². The number of hydrogen-bond acceptors (Lipinski definition) is 4. The van der Waals surface area contributed by atoms with Crippen LogP contribution in [-0.2, 0) is 26.2 Å². The van der Waals surface area contributed by atoms with Gasteiger partial charge in [-0.05, 0) is 68.3 Å². The molecule has 1 atom stereocenters. The summed E-state index contributed by atoms with van der Waals surface area (Å²) in [5, 5.41) is 3.62. The molecule has 0 bridgehead atoms. The zero-order chi connectivity index (χ0) is 28.2. The lowest BCUT2D eigenvalue weighted by Crippen LogP contribution is -2.50. The van der Waals surface area contributed by atoms with Crippen LogP contribution in [0.15, 0.2) is 65.6 Å². The van der Waals surface area contributed by atoms with Crippen LogP contribution in [0.4, 0.5) is 5.69 Å². The summed E-state index contributed by atoms with van der Waals surface area (Å²) in [7, 11) is -2.73. The molecule has 0 aliphatic heterocycles. The van der Waals surface area contributed by atoms with Crippen molar-refractivity contribution in [3.8, 4) is 0 Å². The molecule has 0 spiro atoms. The number of amides is 2. The average molecular weight is 597 g/mol. The summed E-state index contributed by atoms with van der Waals surface area (Å²) in [5.41, 5.74) is 2.40. The van der Waals surface area contributed by atoms with Gasteiger partial charge in [0.15, 0.2) is 0 Å². The Labute approximate surface area is 238 Å². The number of sulfonamides is 1. The minimum atomic E-state index is -4.18. The Hall–Kier alpha value is -2.78. The SMILES string of the molecule is CNC(=O)[C@H](C)N(Cc1ccc(Cl)cc1Cl)C(=O)CN(c1ccc(C)c(Cl)c1)S(=O)(=O)c1ccc(C)cc1. The summed E-state index contributed by atoms with van der Waals surface area (Å²) in [4.78, 5) is 27.7. The molecular formula is C27H28Cl3N3O4S. The molecule has 38 heavy (non-hydrogen) atoms. The largest absolute Gasteiger partial charge is 0.357 e. The Morgan fingerprint density at radius 1 is 0.921 bits per heavy atom. The molecular weight excluding hydrogens is 569 g/mol. The number of benzene rings is 3. The van der Waals surface area contributed by atoms with Crippen LogP contribution in [0.5, 0.6) is 0 Å². The molecule has 3 aromatic rings.